The second-order valence-corrected chi connectivity index (χ2v) is 5.90. The van der Waals surface area contributed by atoms with Gasteiger partial charge in [-0.25, -0.2) is 0 Å². The molecule has 0 aromatic heterocycles. The number of benzene rings is 1. The molecule has 1 N–H and O–H groups in total. The molecule has 1 rings (SSSR count). The molecule has 2 nitrogen and oxygen atoms in total. The fourth-order valence-corrected chi connectivity index (χ4v) is 2.21. The Morgan fingerprint density at radius 1 is 1.10 bits per heavy atom. The minimum absolute atomic E-state index is 0.746. The summed E-state index contributed by atoms with van der Waals surface area (Å²) >= 11 is 0. The van der Waals surface area contributed by atoms with Crippen LogP contribution in [0.4, 0.5) is 0 Å². The third kappa shape index (κ3) is 8.56. The van der Waals surface area contributed by atoms with Crippen LogP contribution in [0, 0.1) is 5.92 Å². The Kier molecular flexibility index (Phi) is 9.64. The van der Waals surface area contributed by atoms with E-state index in [-0.39, 0.29) is 0 Å². The van der Waals surface area contributed by atoms with Crippen LogP contribution in [-0.4, -0.2) is 19.7 Å². The highest BCUT2D eigenvalue weighted by Crippen LogP contribution is 2.19. The van der Waals surface area contributed by atoms with Gasteiger partial charge in [-0.1, -0.05) is 57.0 Å². The Hall–Kier alpha value is -1.28. The Bertz CT molecular complexity index is 398. The standard InChI is InChI=1S/C19H31NO/c1-4-11-18-12-7-8-13-19(18)21-15-10-6-5-9-14-20-16-17(2)3/h4,7-8,11-13,17,20H,5-6,9-10,14-16H2,1-3H3. The first-order valence-electron chi connectivity index (χ1n) is 8.29. The highest BCUT2D eigenvalue weighted by Gasteiger charge is 1.99. The van der Waals surface area contributed by atoms with Crippen LogP contribution in [-0.2, 0) is 0 Å². The van der Waals surface area contributed by atoms with Crippen molar-refractivity contribution in [2.75, 3.05) is 19.7 Å². The van der Waals surface area contributed by atoms with E-state index in [0.717, 1.165) is 43.3 Å². The maximum Gasteiger partial charge on any atom is 0.126 e. The molecule has 1 aromatic rings. The molecule has 21 heavy (non-hydrogen) atoms. The topological polar surface area (TPSA) is 21.3 Å². The van der Waals surface area contributed by atoms with Crippen LogP contribution in [0.2, 0.25) is 0 Å². The van der Waals surface area contributed by atoms with Crippen LogP contribution in [0.15, 0.2) is 30.3 Å². The van der Waals surface area contributed by atoms with E-state index in [9.17, 15) is 0 Å². The third-order valence-corrected chi connectivity index (χ3v) is 3.32. The number of unbranched alkanes of at least 4 members (excludes halogenated alkanes) is 3. The van der Waals surface area contributed by atoms with E-state index in [1.54, 1.807) is 0 Å². The Labute approximate surface area is 130 Å². The number of allylic oxidation sites excluding steroid dienone is 1. The predicted octanol–water partition coefficient (Wildman–Crippen LogP) is 4.90. The van der Waals surface area contributed by atoms with Gasteiger partial charge in [0.1, 0.15) is 5.75 Å². The lowest BCUT2D eigenvalue weighted by Gasteiger charge is -2.09. The van der Waals surface area contributed by atoms with Gasteiger partial charge < -0.3 is 10.1 Å². The Morgan fingerprint density at radius 2 is 1.86 bits per heavy atom. The largest absolute Gasteiger partial charge is 0.493 e. The smallest absolute Gasteiger partial charge is 0.126 e. The number of hydrogen-bond donors (Lipinski definition) is 1. The molecule has 0 fully saturated rings. The van der Waals surface area contributed by atoms with Gasteiger partial charge in [0.25, 0.3) is 0 Å². The van der Waals surface area contributed by atoms with Gasteiger partial charge >= 0.3 is 0 Å². The highest BCUT2D eigenvalue weighted by molar-refractivity contribution is 5.56. The molecule has 0 saturated carbocycles. The first kappa shape index (κ1) is 17.8. The monoisotopic (exact) mass is 289 g/mol. The predicted molar refractivity (Wildman–Crippen MR) is 92.8 cm³/mol. The normalized spacial score (nSPS) is 11.4. The van der Waals surface area contributed by atoms with Crippen molar-refractivity contribution in [3.8, 4) is 5.75 Å². The molecule has 0 radical (unpaired) electrons. The van der Waals surface area contributed by atoms with Crippen LogP contribution in [0.1, 0.15) is 52.0 Å². The minimum Gasteiger partial charge on any atom is -0.493 e. The number of ether oxygens (including phenoxy) is 1. The fourth-order valence-electron chi connectivity index (χ4n) is 2.21. The average Bonchev–Trinajstić information content (AvgIpc) is 2.47. The zero-order chi connectivity index (χ0) is 15.3. The SMILES string of the molecule is CC=Cc1ccccc1OCCCCCCNCC(C)C. The van der Waals surface area contributed by atoms with E-state index in [0.29, 0.717) is 0 Å². The lowest BCUT2D eigenvalue weighted by Crippen LogP contribution is -2.20. The van der Waals surface area contributed by atoms with Gasteiger partial charge in [0.2, 0.25) is 0 Å². The summed E-state index contributed by atoms with van der Waals surface area (Å²) in [6.45, 7) is 9.61. The number of hydrogen-bond acceptors (Lipinski definition) is 2. The van der Waals surface area contributed by atoms with Crippen molar-refractivity contribution in [2.45, 2.75) is 46.5 Å². The summed E-state index contributed by atoms with van der Waals surface area (Å²) in [5, 5.41) is 3.48. The maximum atomic E-state index is 5.88. The van der Waals surface area contributed by atoms with Crippen molar-refractivity contribution >= 4 is 6.08 Å². The van der Waals surface area contributed by atoms with Gasteiger partial charge in [0, 0.05) is 5.56 Å². The van der Waals surface area contributed by atoms with Gasteiger partial charge in [0.15, 0.2) is 0 Å². The molecule has 0 saturated heterocycles. The molecule has 0 bridgehead atoms. The third-order valence-electron chi connectivity index (χ3n) is 3.32. The van der Waals surface area contributed by atoms with Crippen molar-refractivity contribution < 1.29 is 4.74 Å². The number of rotatable bonds is 11. The van der Waals surface area contributed by atoms with Crippen molar-refractivity contribution in [3.63, 3.8) is 0 Å². The van der Waals surface area contributed by atoms with Crippen molar-refractivity contribution in [3.05, 3.63) is 35.9 Å². The maximum absolute atomic E-state index is 5.88. The van der Waals surface area contributed by atoms with Gasteiger partial charge in [0.05, 0.1) is 6.61 Å². The first-order chi connectivity index (χ1) is 10.2. The summed E-state index contributed by atoms with van der Waals surface area (Å²) in [7, 11) is 0. The summed E-state index contributed by atoms with van der Waals surface area (Å²) < 4.78 is 5.88. The molecular weight excluding hydrogens is 258 g/mol. The number of nitrogens with one attached hydrogen (secondary N) is 1. The Balaban J connectivity index is 2.07. The lowest BCUT2D eigenvalue weighted by molar-refractivity contribution is 0.304. The van der Waals surface area contributed by atoms with Crippen LogP contribution in [0.5, 0.6) is 5.75 Å². The number of para-hydroxylation sites is 1. The van der Waals surface area contributed by atoms with Crippen molar-refractivity contribution in [2.24, 2.45) is 5.92 Å². The molecule has 0 atom stereocenters. The molecule has 0 unspecified atom stereocenters. The molecule has 0 aliphatic rings. The van der Waals surface area contributed by atoms with Crippen LogP contribution in [0.25, 0.3) is 6.08 Å². The van der Waals surface area contributed by atoms with Gasteiger partial charge in [-0.2, -0.15) is 0 Å². The quantitative estimate of drug-likeness (QED) is 0.585. The van der Waals surface area contributed by atoms with Gasteiger partial charge in [-0.3, -0.25) is 0 Å². The fraction of sp³-hybridized carbons (Fsp3) is 0.579. The minimum atomic E-state index is 0.746. The summed E-state index contributed by atoms with van der Waals surface area (Å²) in [6, 6.07) is 8.22. The molecule has 0 aliphatic heterocycles. The molecule has 0 aliphatic carbocycles. The summed E-state index contributed by atoms with van der Waals surface area (Å²) in [6.07, 6.45) is 9.07. The molecule has 0 heterocycles. The van der Waals surface area contributed by atoms with Gasteiger partial charge in [-0.05, 0) is 44.8 Å². The van der Waals surface area contributed by atoms with E-state index < -0.39 is 0 Å². The van der Waals surface area contributed by atoms with Crippen LogP contribution >= 0.6 is 0 Å². The highest BCUT2D eigenvalue weighted by atomic mass is 16.5. The average molecular weight is 289 g/mol. The molecule has 0 amide bonds. The Morgan fingerprint density at radius 3 is 2.62 bits per heavy atom. The van der Waals surface area contributed by atoms with E-state index >= 15 is 0 Å². The second kappa shape index (κ2) is 11.4. The van der Waals surface area contributed by atoms with E-state index in [1.807, 2.05) is 31.2 Å². The lowest BCUT2D eigenvalue weighted by atomic mass is 10.1. The molecule has 2 heteroatoms. The summed E-state index contributed by atoms with van der Waals surface area (Å²) in [5.74, 6) is 1.74. The molecule has 118 valence electrons. The zero-order valence-electron chi connectivity index (χ0n) is 13.9. The van der Waals surface area contributed by atoms with Crippen LogP contribution in [0.3, 0.4) is 0 Å². The van der Waals surface area contributed by atoms with E-state index in [2.05, 4.69) is 31.3 Å². The zero-order valence-corrected chi connectivity index (χ0v) is 13.9. The first-order valence-corrected chi connectivity index (χ1v) is 8.29. The molecular formula is C19H31NO. The summed E-state index contributed by atoms with van der Waals surface area (Å²) in [4.78, 5) is 0. The molecule has 1 aromatic carbocycles. The second-order valence-electron chi connectivity index (χ2n) is 5.90. The molecule has 0 spiro atoms. The van der Waals surface area contributed by atoms with Crippen LogP contribution < -0.4 is 10.1 Å². The summed E-state index contributed by atoms with van der Waals surface area (Å²) in [5.41, 5.74) is 1.16. The van der Waals surface area contributed by atoms with Crippen molar-refractivity contribution in [1.29, 1.82) is 0 Å². The van der Waals surface area contributed by atoms with E-state index in [1.165, 1.54) is 19.3 Å². The van der Waals surface area contributed by atoms with Gasteiger partial charge in [-0.15, -0.1) is 0 Å². The van der Waals surface area contributed by atoms with E-state index in [4.69, 9.17) is 4.74 Å². The van der Waals surface area contributed by atoms with Crippen molar-refractivity contribution in [1.82, 2.24) is 5.32 Å².